The van der Waals surface area contributed by atoms with E-state index in [1.165, 1.54) is 6.08 Å². The summed E-state index contributed by atoms with van der Waals surface area (Å²) in [6, 6.07) is 21.5. The number of rotatable bonds is 7. The van der Waals surface area contributed by atoms with Gasteiger partial charge >= 0.3 is 0 Å². The van der Waals surface area contributed by atoms with Crippen molar-refractivity contribution < 1.29 is 14.3 Å². The van der Waals surface area contributed by atoms with Crippen molar-refractivity contribution in [1.29, 1.82) is 0 Å². The Labute approximate surface area is 171 Å². The average molecular weight is 387 g/mol. The Morgan fingerprint density at radius 1 is 0.966 bits per heavy atom. The summed E-state index contributed by atoms with van der Waals surface area (Å²) >= 11 is 0. The molecule has 0 atom stereocenters. The highest BCUT2D eigenvalue weighted by molar-refractivity contribution is 6.02. The highest BCUT2D eigenvalue weighted by Gasteiger charge is 2.06. The van der Waals surface area contributed by atoms with Crippen molar-refractivity contribution in [1.82, 2.24) is 0 Å². The van der Waals surface area contributed by atoms with Crippen molar-refractivity contribution in [3.05, 3.63) is 95.1 Å². The van der Waals surface area contributed by atoms with Crippen LogP contribution < -0.4 is 14.8 Å². The molecule has 1 N–H and O–H groups in total. The smallest absolute Gasteiger partial charge is 0.248 e. The molecule has 0 heterocycles. The number of aryl methyl sites for hydroxylation is 2. The second-order valence-corrected chi connectivity index (χ2v) is 6.83. The lowest BCUT2D eigenvalue weighted by Gasteiger charge is -2.11. The number of hydrogen-bond acceptors (Lipinski definition) is 3. The summed E-state index contributed by atoms with van der Waals surface area (Å²) in [5, 5.41) is 2.92. The Morgan fingerprint density at radius 3 is 2.52 bits per heavy atom. The van der Waals surface area contributed by atoms with Gasteiger partial charge in [-0.05, 0) is 60.4 Å². The quantitative estimate of drug-likeness (QED) is 0.541. The molecule has 0 unspecified atom stereocenters. The van der Waals surface area contributed by atoms with E-state index in [2.05, 4.69) is 5.32 Å². The van der Waals surface area contributed by atoms with Crippen molar-refractivity contribution in [2.75, 3.05) is 12.4 Å². The first-order valence-electron chi connectivity index (χ1n) is 9.46. The van der Waals surface area contributed by atoms with Crippen LogP contribution in [0.15, 0.2) is 72.8 Å². The molecule has 0 aliphatic rings. The third-order valence-electron chi connectivity index (χ3n) is 4.50. The molecule has 29 heavy (non-hydrogen) atoms. The second-order valence-electron chi connectivity index (χ2n) is 6.83. The van der Waals surface area contributed by atoms with Crippen LogP contribution in [-0.4, -0.2) is 13.0 Å². The number of nitrogens with one attached hydrogen (secondary N) is 1. The maximum Gasteiger partial charge on any atom is 0.248 e. The minimum absolute atomic E-state index is 0.179. The first-order valence-corrected chi connectivity index (χ1v) is 9.46. The molecule has 0 bridgehead atoms. The second kappa shape index (κ2) is 9.60. The highest BCUT2D eigenvalue weighted by Crippen LogP contribution is 2.29. The van der Waals surface area contributed by atoms with Crippen LogP contribution in [0.1, 0.15) is 22.3 Å². The molecule has 3 aromatic rings. The molecule has 0 radical (unpaired) electrons. The third kappa shape index (κ3) is 5.72. The molecule has 0 aliphatic heterocycles. The molecule has 4 heteroatoms. The maximum absolute atomic E-state index is 12.3. The van der Waals surface area contributed by atoms with E-state index in [-0.39, 0.29) is 5.91 Å². The molecule has 3 rings (SSSR count). The summed E-state index contributed by atoms with van der Waals surface area (Å²) in [6.07, 6.45) is 3.27. The molecule has 1 amide bonds. The van der Waals surface area contributed by atoms with E-state index in [9.17, 15) is 4.79 Å². The summed E-state index contributed by atoms with van der Waals surface area (Å²) < 4.78 is 11.3. The fourth-order valence-corrected chi connectivity index (χ4v) is 2.86. The van der Waals surface area contributed by atoms with Crippen LogP contribution in [0.5, 0.6) is 11.5 Å². The Hall–Kier alpha value is -3.53. The van der Waals surface area contributed by atoms with E-state index in [4.69, 9.17) is 9.47 Å². The van der Waals surface area contributed by atoms with Crippen LogP contribution in [0, 0.1) is 13.8 Å². The van der Waals surface area contributed by atoms with Crippen LogP contribution in [-0.2, 0) is 11.4 Å². The molecular weight excluding hydrogens is 362 g/mol. The van der Waals surface area contributed by atoms with Crippen molar-refractivity contribution in [2.45, 2.75) is 20.5 Å². The lowest BCUT2D eigenvalue weighted by Crippen LogP contribution is -2.09. The minimum atomic E-state index is -0.179. The number of carbonyl (C=O) groups excluding carboxylic acids is 1. The minimum Gasteiger partial charge on any atom is -0.493 e. The van der Waals surface area contributed by atoms with Gasteiger partial charge in [-0.3, -0.25) is 4.79 Å². The Kier molecular flexibility index (Phi) is 6.69. The van der Waals surface area contributed by atoms with Crippen molar-refractivity contribution >= 4 is 17.7 Å². The average Bonchev–Trinajstić information content (AvgIpc) is 2.74. The summed E-state index contributed by atoms with van der Waals surface area (Å²) in [7, 11) is 1.60. The topological polar surface area (TPSA) is 47.6 Å². The molecule has 148 valence electrons. The van der Waals surface area contributed by atoms with E-state index < -0.39 is 0 Å². The van der Waals surface area contributed by atoms with Crippen LogP contribution in [0.3, 0.4) is 0 Å². The Morgan fingerprint density at radius 2 is 1.76 bits per heavy atom. The maximum atomic E-state index is 12.3. The van der Waals surface area contributed by atoms with Crippen LogP contribution >= 0.6 is 0 Å². The SMILES string of the molecule is COc1cc(/C=C/C(=O)Nc2cc(C)ccc2C)ccc1OCc1ccccc1. The first-order chi connectivity index (χ1) is 14.0. The molecule has 0 aromatic heterocycles. The molecule has 0 saturated heterocycles. The van der Waals surface area contributed by atoms with Gasteiger partial charge in [-0.15, -0.1) is 0 Å². The third-order valence-corrected chi connectivity index (χ3v) is 4.50. The van der Waals surface area contributed by atoms with E-state index in [1.807, 2.05) is 80.6 Å². The normalized spacial score (nSPS) is 10.7. The lowest BCUT2D eigenvalue weighted by atomic mass is 10.1. The van der Waals surface area contributed by atoms with E-state index >= 15 is 0 Å². The molecule has 0 spiro atoms. The van der Waals surface area contributed by atoms with Gasteiger partial charge < -0.3 is 14.8 Å². The van der Waals surface area contributed by atoms with Crippen LogP contribution in [0.2, 0.25) is 0 Å². The number of carbonyl (C=O) groups is 1. The number of amides is 1. The van der Waals surface area contributed by atoms with Gasteiger partial charge in [0.05, 0.1) is 7.11 Å². The monoisotopic (exact) mass is 387 g/mol. The van der Waals surface area contributed by atoms with E-state index in [0.717, 1.165) is 27.9 Å². The van der Waals surface area contributed by atoms with Gasteiger partial charge in [0.25, 0.3) is 0 Å². The predicted octanol–water partition coefficient (Wildman–Crippen LogP) is 5.54. The number of methoxy groups -OCH3 is 1. The van der Waals surface area contributed by atoms with Gasteiger partial charge in [-0.25, -0.2) is 0 Å². The van der Waals surface area contributed by atoms with Crippen LogP contribution in [0.4, 0.5) is 5.69 Å². The van der Waals surface area contributed by atoms with Gasteiger partial charge in [0.2, 0.25) is 5.91 Å². The fraction of sp³-hybridized carbons (Fsp3) is 0.160. The zero-order chi connectivity index (χ0) is 20.6. The molecule has 0 saturated carbocycles. The van der Waals surface area contributed by atoms with Crippen LogP contribution in [0.25, 0.3) is 6.08 Å². The number of hydrogen-bond donors (Lipinski definition) is 1. The Balaban J connectivity index is 1.66. The van der Waals surface area contributed by atoms with Gasteiger partial charge in [0.1, 0.15) is 6.61 Å². The Bertz CT molecular complexity index is 1010. The molecule has 3 aromatic carbocycles. The number of ether oxygens (including phenoxy) is 2. The highest BCUT2D eigenvalue weighted by atomic mass is 16.5. The molecular formula is C25H25NO3. The fourth-order valence-electron chi connectivity index (χ4n) is 2.86. The molecule has 0 fully saturated rings. The van der Waals surface area contributed by atoms with Gasteiger partial charge in [0.15, 0.2) is 11.5 Å². The summed E-state index contributed by atoms with van der Waals surface area (Å²) in [5.41, 5.74) is 4.89. The number of benzene rings is 3. The zero-order valence-electron chi connectivity index (χ0n) is 16.9. The van der Waals surface area contributed by atoms with Gasteiger partial charge in [-0.1, -0.05) is 48.5 Å². The van der Waals surface area contributed by atoms with E-state index in [0.29, 0.717) is 18.1 Å². The summed E-state index contributed by atoms with van der Waals surface area (Å²) in [6.45, 7) is 4.43. The van der Waals surface area contributed by atoms with Crippen molar-refractivity contribution in [3.8, 4) is 11.5 Å². The zero-order valence-corrected chi connectivity index (χ0v) is 16.9. The lowest BCUT2D eigenvalue weighted by molar-refractivity contribution is -0.111. The number of anilines is 1. The van der Waals surface area contributed by atoms with E-state index in [1.54, 1.807) is 13.2 Å². The van der Waals surface area contributed by atoms with Crippen molar-refractivity contribution in [3.63, 3.8) is 0 Å². The largest absolute Gasteiger partial charge is 0.493 e. The van der Waals surface area contributed by atoms with Gasteiger partial charge in [-0.2, -0.15) is 0 Å². The predicted molar refractivity (Wildman–Crippen MR) is 117 cm³/mol. The molecule has 0 aliphatic carbocycles. The van der Waals surface area contributed by atoms with Crippen molar-refractivity contribution in [2.24, 2.45) is 0 Å². The molecule has 4 nitrogen and oxygen atoms in total. The standard InChI is InChI=1S/C25H25NO3/c1-18-9-10-19(2)22(15-18)26-25(27)14-12-20-11-13-23(24(16-20)28-3)29-17-21-7-5-4-6-8-21/h4-16H,17H2,1-3H3,(H,26,27)/b14-12+. The first kappa shape index (κ1) is 20.2. The summed E-state index contributed by atoms with van der Waals surface area (Å²) in [5.74, 6) is 1.11. The summed E-state index contributed by atoms with van der Waals surface area (Å²) in [4.78, 5) is 12.3. The van der Waals surface area contributed by atoms with Gasteiger partial charge in [0, 0.05) is 11.8 Å².